The van der Waals surface area contributed by atoms with Gasteiger partial charge < -0.3 is 14.9 Å². The van der Waals surface area contributed by atoms with Gasteiger partial charge in [-0.1, -0.05) is 6.07 Å². The molecule has 1 aromatic carbocycles. The van der Waals surface area contributed by atoms with Crippen molar-refractivity contribution in [3.05, 3.63) is 35.5 Å². The van der Waals surface area contributed by atoms with Gasteiger partial charge in [0.25, 0.3) is 0 Å². The molecule has 0 saturated carbocycles. The van der Waals surface area contributed by atoms with Crippen molar-refractivity contribution in [2.75, 3.05) is 0 Å². The van der Waals surface area contributed by atoms with E-state index in [9.17, 15) is 9.90 Å². The summed E-state index contributed by atoms with van der Waals surface area (Å²) in [5.41, 5.74) is 2.18. The number of carbonyl (C=O) groups excluding carboxylic acids is 1. The Labute approximate surface area is 75.0 Å². The van der Waals surface area contributed by atoms with Gasteiger partial charge in [0, 0.05) is 16.6 Å². The number of H-pyrrole nitrogens is 1. The predicted molar refractivity (Wildman–Crippen MR) is 47.4 cm³/mol. The second-order valence-electron chi connectivity index (χ2n) is 3.04. The molecule has 0 amide bonds. The van der Waals surface area contributed by atoms with E-state index in [1.807, 2.05) is 13.0 Å². The number of aromatic carboxylic acids is 1. The molecule has 2 aromatic rings. The zero-order valence-electron chi connectivity index (χ0n) is 7.13. The molecule has 1 aromatic heterocycles. The van der Waals surface area contributed by atoms with Crippen LogP contribution in [0.15, 0.2) is 24.3 Å². The summed E-state index contributed by atoms with van der Waals surface area (Å²) < 4.78 is 0. The molecule has 0 fully saturated rings. The van der Waals surface area contributed by atoms with Gasteiger partial charge in [0.1, 0.15) is 0 Å². The van der Waals surface area contributed by atoms with Gasteiger partial charge in [-0.15, -0.1) is 0 Å². The molecule has 3 nitrogen and oxygen atoms in total. The molecule has 66 valence electrons. The van der Waals surface area contributed by atoms with E-state index in [2.05, 4.69) is 4.98 Å². The van der Waals surface area contributed by atoms with E-state index >= 15 is 0 Å². The number of aromatic nitrogens is 1. The SMILES string of the molecule is Cc1cc2cc(C(=O)[O-])ccc2[nH]1. The van der Waals surface area contributed by atoms with Gasteiger partial charge in [0.2, 0.25) is 0 Å². The second kappa shape index (κ2) is 2.62. The smallest absolute Gasteiger partial charge is 0.0715 e. The van der Waals surface area contributed by atoms with Crippen molar-refractivity contribution in [3.8, 4) is 0 Å². The van der Waals surface area contributed by atoms with E-state index < -0.39 is 5.97 Å². The molecule has 2 rings (SSSR count). The zero-order valence-corrected chi connectivity index (χ0v) is 7.13. The maximum absolute atomic E-state index is 10.5. The van der Waals surface area contributed by atoms with Crippen LogP contribution in [0.25, 0.3) is 10.9 Å². The zero-order chi connectivity index (χ0) is 9.42. The molecule has 1 N–H and O–H groups in total. The van der Waals surface area contributed by atoms with Crippen LogP contribution in [-0.2, 0) is 0 Å². The summed E-state index contributed by atoms with van der Waals surface area (Å²) in [6.45, 7) is 1.93. The van der Waals surface area contributed by atoms with Crippen molar-refractivity contribution in [1.29, 1.82) is 0 Å². The van der Waals surface area contributed by atoms with Crippen molar-refractivity contribution in [2.24, 2.45) is 0 Å². The van der Waals surface area contributed by atoms with Crippen LogP contribution in [0, 0.1) is 6.92 Å². The minimum Gasteiger partial charge on any atom is -0.545 e. The minimum absolute atomic E-state index is 0.214. The summed E-state index contributed by atoms with van der Waals surface area (Å²) in [6, 6.07) is 6.79. The molecule has 0 saturated heterocycles. The Morgan fingerprint density at radius 3 is 2.85 bits per heavy atom. The van der Waals surface area contributed by atoms with Gasteiger partial charge in [-0.05, 0) is 30.7 Å². The van der Waals surface area contributed by atoms with Crippen molar-refractivity contribution in [3.63, 3.8) is 0 Å². The quantitative estimate of drug-likeness (QED) is 0.696. The molecular formula is C10H8NO2-. The van der Waals surface area contributed by atoms with Gasteiger partial charge in [-0.3, -0.25) is 0 Å². The fourth-order valence-corrected chi connectivity index (χ4v) is 1.40. The van der Waals surface area contributed by atoms with Crippen LogP contribution in [0.4, 0.5) is 0 Å². The maximum atomic E-state index is 10.5. The first-order valence-corrected chi connectivity index (χ1v) is 3.97. The molecule has 0 spiro atoms. The molecule has 0 radical (unpaired) electrons. The van der Waals surface area contributed by atoms with Crippen LogP contribution >= 0.6 is 0 Å². The van der Waals surface area contributed by atoms with Gasteiger partial charge in [-0.25, -0.2) is 0 Å². The normalized spacial score (nSPS) is 10.5. The molecule has 13 heavy (non-hydrogen) atoms. The number of carbonyl (C=O) groups is 1. The minimum atomic E-state index is -1.14. The Balaban J connectivity index is 2.67. The first-order chi connectivity index (χ1) is 6.16. The standard InChI is InChI=1S/C10H9NO2/c1-6-4-8-5-7(10(12)13)2-3-9(8)11-6/h2-5,11H,1H3,(H,12,13)/p-1. The highest BCUT2D eigenvalue weighted by atomic mass is 16.4. The number of carboxylic acid groups (broad SMARTS) is 1. The lowest BCUT2D eigenvalue weighted by Gasteiger charge is -2.00. The fraction of sp³-hybridized carbons (Fsp3) is 0.100. The lowest BCUT2D eigenvalue weighted by molar-refractivity contribution is -0.255. The van der Waals surface area contributed by atoms with Crippen molar-refractivity contribution < 1.29 is 9.90 Å². The Hall–Kier alpha value is -1.77. The molecule has 0 atom stereocenters. The maximum Gasteiger partial charge on any atom is 0.0715 e. The van der Waals surface area contributed by atoms with Crippen molar-refractivity contribution in [1.82, 2.24) is 4.98 Å². The number of benzene rings is 1. The van der Waals surface area contributed by atoms with E-state index in [0.29, 0.717) is 0 Å². The highest BCUT2D eigenvalue weighted by molar-refractivity contribution is 5.92. The van der Waals surface area contributed by atoms with Crippen LogP contribution in [0.2, 0.25) is 0 Å². The number of aryl methyl sites for hydroxylation is 1. The number of nitrogens with one attached hydrogen (secondary N) is 1. The van der Waals surface area contributed by atoms with E-state index in [-0.39, 0.29) is 5.56 Å². The fourth-order valence-electron chi connectivity index (χ4n) is 1.40. The number of hydrogen-bond acceptors (Lipinski definition) is 2. The lowest BCUT2D eigenvalue weighted by Crippen LogP contribution is -2.21. The third-order valence-corrected chi connectivity index (χ3v) is 1.99. The largest absolute Gasteiger partial charge is 0.545 e. The Kier molecular flexibility index (Phi) is 1.59. The van der Waals surface area contributed by atoms with Crippen LogP contribution in [0.5, 0.6) is 0 Å². The highest BCUT2D eigenvalue weighted by Gasteiger charge is 1.99. The average molecular weight is 174 g/mol. The van der Waals surface area contributed by atoms with Crippen LogP contribution in [0.1, 0.15) is 16.1 Å². The van der Waals surface area contributed by atoms with E-state index in [0.717, 1.165) is 16.6 Å². The summed E-state index contributed by atoms with van der Waals surface area (Å²) in [5, 5.41) is 11.4. The Bertz CT molecular complexity index is 471. The first kappa shape index (κ1) is 7.86. The molecule has 0 unspecified atom stereocenters. The lowest BCUT2D eigenvalue weighted by atomic mass is 10.1. The van der Waals surface area contributed by atoms with E-state index in [1.54, 1.807) is 12.1 Å². The predicted octanol–water partition coefficient (Wildman–Crippen LogP) is 0.840. The summed E-state index contributed by atoms with van der Waals surface area (Å²) in [4.78, 5) is 13.6. The number of carboxylic acids is 1. The van der Waals surface area contributed by atoms with E-state index in [4.69, 9.17) is 0 Å². The van der Waals surface area contributed by atoms with Crippen molar-refractivity contribution in [2.45, 2.75) is 6.92 Å². The number of aromatic amines is 1. The first-order valence-electron chi connectivity index (χ1n) is 3.97. The summed E-state index contributed by atoms with van der Waals surface area (Å²) in [7, 11) is 0. The van der Waals surface area contributed by atoms with Gasteiger partial charge in [0.05, 0.1) is 5.97 Å². The number of rotatable bonds is 1. The van der Waals surface area contributed by atoms with Gasteiger partial charge in [-0.2, -0.15) is 0 Å². The molecule has 0 bridgehead atoms. The van der Waals surface area contributed by atoms with Crippen LogP contribution in [0.3, 0.4) is 0 Å². The van der Waals surface area contributed by atoms with Gasteiger partial charge in [0.15, 0.2) is 0 Å². The monoisotopic (exact) mass is 174 g/mol. The van der Waals surface area contributed by atoms with Crippen molar-refractivity contribution >= 4 is 16.9 Å². The number of fused-ring (bicyclic) bond motifs is 1. The third-order valence-electron chi connectivity index (χ3n) is 1.99. The summed E-state index contributed by atoms with van der Waals surface area (Å²) in [5.74, 6) is -1.14. The van der Waals surface area contributed by atoms with Crippen LogP contribution < -0.4 is 5.11 Å². The van der Waals surface area contributed by atoms with E-state index in [1.165, 1.54) is 6.07 Å². The molecule has 0 aliphatic carbocycles. The molecule has 0 aliphatic rings. The van der Waals surface area contributed by atoms with Crippen LogP contribution in [-0.4, -0.2) is 11.0 Å². The highest BCUT2D eigenvalue weighted by Crippen LogP contribution is 2.16. The summed E-state index contributed by atoms with van der Waals surface area (Å²) in [6.07, 6.45) is 0. The molecule has 3 heteroatoms. The second-order valence-corrected chi connectivity index (χ2v) is 3.04. The molecule has 0 aliphatic heterocycles. The Morgan fingerprint density at radius 2 is 2.15 bits per heavy atom. The summed E-state index contributed by atoms with van der Waals surface area (Å²) >= 11 is 0. The van der Waals surface area contributed by atoms with Gasteiger partial charge >= 0.3 is 0 Å². The Morgan fingerprint density at radius 1 is 1.38 bits per heavy atom. The molecule has 1 heterocycles. The third kappa shape index (κ3) is 1.28. The average Bonchev–Trinajstić information content (AvgIpc) is 2.42. The molecular weight excluding hydrogens is 166 g/mol. The number of hydrogen-bond donors (Lipinski definition) is 1. The topological polar surface area (TPSA) is 55.9 Å².